The van der Waals surface area contributed by atoms with Gasteiger partial charge < -0.3 is 4.74 Å². The van der Waals surface area contributed by atoms with Crippen LogP contribution in [0.2, 0.25) is 0 Å². The zero-order chi connectivity index (χ0) is 9.40. The van der Waals surface area contributed by atoms with Crippen LogP contribution in [0.25, 0.3) is 0 Å². The van der Waals surface area contributed by atoms with Crippen molar-refractivity contribution < 1.29 is 4.74 Å². The molecule has 68 valence electrons. The van der Waals surface area contributed by atoms with Gasteiger partial charge in [0.05, 0.1) is 6.10 Å². The molecule has 0 rings (SSSR count). The molecule has 1 heteroatoms. The molecule has 1 atom stereocenters. The minimum atomic E-state index is 0.193. The van der Waals surface area contributed by atoms with Crippen molar-refractivity contribution in [2.75, 3.05) is 7.11 Å². The van der Waals surface area contributed by atoms with Gasteiger partial charge in [-0.15, -0.1) is 0 Å². The average molecular weight is 166 g/mol. The Bertz CT molecular complexity index is 187. The molecule has 0 saturated carbocycles. The maximum absolute atomic E-state index is 5.07. The molecule has 0 aliphatic carbocycles. The highest BCUT2D eigenvalue weighted by Gasteiger charge is 1.89. The summed E-state index contributed by atoms with van der Waals surface area (Å²) in [6.07, 6.45) is 10.4. The average Bonchev–Trinajstić information content (AvgIpc) is 2.10. The fourth-order valence-corrected chi connectivity index (χ4v) is 0.669. The molecule has 0 bridgehead atoms. The van der Waals surface area contributed by atoms with Gasteiger partial charge in [0.15, 0.2) is 0 Å². The molecule has 0 aliphatic heterocycles. The Morgan fingerprint density at radius 2 is 2.08 bits per heavy atom. The summed E-state index contributed by atoms with van der Waals surface area (Å²) < 4.78 is 5.07. The minimum Gasteiger partial charge on any atom is -0.378 e. The Hall–Kier alpha value is -0.820. The Morgan fingerprint density at radius 3 is 2.58 bits per heavy atom. The van der Waals surface area contributed by atoms with Crippen LogP contribution in [0.1, 0.15) is 20.8 Å². The van der Waals surface area contributed by atoms with Crippen molar-refractivity contribution in [1.29, 1.82) is 0 Å². The summed E-state index contributed by atoms with van der Waals surface area (Å²) in [4.78, 5) is 0. The first-order valence-electron chi connectivity index (χ1n) is 4.21. The van der Waals surface area contributed by atoms with E-state index in [2.05, 4.69) is 19.1 Å². The van der Waals surface area contributed by atoms with Gasteiger partial charge in [0.1, 0.15) is 0 Å². The quantitative estimate of drug-likeness (QED) is 0.583. The third-order valence-corrected chi connectivity index (χ3v) is 1.55. The predicted molar refractivity (Wildman–Crippen MR) is 54.2 cm³/mol. The van der Waals surface area contributed by atoms with E-state index in [9.17, 15) is 0 Å². The van der Waals surface area contributed by atoms with E-state index in [-0.39, 0.29) is 6.10 Å². The highest BCUT2D eigenvalue weighted by Crippen LogP contribution is 1.98. The second-order valence-electron chi connectivity index (χ2n) is 2.74. The van der Waals surface area contributed by atoms with Crippen LogP contribution in [0.4, 0.5) is 0 Å². The van der Waals surface area contributed by atoms with E-state index in [1.165, 1.54) is 5.57 Å². The summed E-state index contributed by atoms with van der Waals surface area (Å²) in [5, 5.41) is 0. The maximum atomic E-state index is 5.07. The van der Waals surface area contributed by atoms with E-state index in [1.54, 1.807) is 7.11 Å². The summed E-state index contributed by atoms with van der Waals surface area (Å²) >= 11 is 0. The van der Waals surface area contributed by atoms with Gasteiger partial charge in [-0.1, -0.05) is 36.0 Å². The first-order chi connectivity index (χ1) is 5.70. The maximum Gasteiger partial charge on any atom is 0.0727 e. The Balaban J connectivity index is 3.97. The van der Waals surface area contributed by atoms with Crippen LogP contribution in [0.3, 0.4) is 0 Å². The molecule has 0 fully saturated rings. The molecule has 1 unspecified atom stereocenters. The predicted octanol–water partition coefficient (Wildman–Crippen LogP) is 3.10. The van der Waals surface area contributed by atoms with Crippen LogP contribution < -0.4 is 0 Å². The van der Waals surface area contributed by atoms with Gasteiger partial charge in [-0.3, -0.25) is 0 Å². The monoisotopic (exact) mass is 166 g/mol. The number of methoxy groups -OCH3 is 1. The molecular weight excluding hydrogens is 148 g/mol. The summed E-state index contributed by atoms with van der Waals surface area (Å²) in [6.45, 7) is 6.09. The molecule has 0 aromatic rings. The minimum absolute atomic E-state index is 0.193. The zero-order valence-corrected chi connectivity index (χ0v) is 8.37. The highest BCUT2D eigenvalue weighted by molar-refractivity contribution is 5.21. The van der Waals surface area contributed by atoms with Gasteiger partial charge in [0.2, 0.25) is 0 Å². The zero-order valence-electron chi connectivity index (χ0n) is 8.37. The molecule has 0 aromatic heterocycles. The van der Waals surface area contributed by atoms with E-state index in [0.717, 1.165) is 0 Å². The Labute approximate surface area is 75.4 Å². The van der Waals surface area contributed by atoms with Crippen LogP contribution in [0.5, 0.6) is 0 Å². The number of hydrogen-bond acceptors (Lipinski definition) is 1. The van der Waals surface area contributed by atoms with Crippen molar-refractivity contribution in [3.05, 3.63) is 36.0 Å². The van der Waals surface area contributed by atoms with E-state index in [4.69, 9.17) is 4.74 Å². The summed E-state index contributed by atoms with van der Waals surface area (Å²) in [7, 11) is 1.71. The summed E-state index contributed by atoms with van der Waals surface area (Å²) in [6, 6.07) is 0. The largest absolute Gasteiger partial charge is 0.378 e. The van der Waals surface area contributed by atoms with E-state index < -0.39 is 0 Å². The first kappa shape index (κ1) is 11.2. The molecule has 0 amide bonds. The lowest BCUT2D eigenvalue weighted by Gasteiger charge is -2.00. The van der Waals surface area contributed by atoms with Gasteiger partial charge in [0, 0.05) is 7.11 Å². The van der Waals surface area contributed by atoms with Gasteiger partial charge in [-0.05, 0) is 20.8 Å². The molecular formula is C11H18O. The molecule has 12 heavy (non-hydrogen) atoms. The van der Waals surface area contributed by atoms with Crippen molar-refractivity contribution in [3.8, 4) is 0 Å². The van der Waals surface area contributed by atoms with Crippen molar-refractivity contribution in [1.82, 2.24) is 0 Å². The first-order valence-corrected chi connectivity index (χ1v) is 4.21. The topological polar surface area (TPSA) is 9.23 Å². The van der Waals surface area contributed by atoms with E-state index in [1.807, 2.05) is 32.1 Å². The molecule has 0 heterocycles. The fraction of sp³-hybridized carbons (Fsp3) is 0.455. The summed E-state index contributed by atoms with van der Waals surface area (Å²) in [5.41, 5.74) is 1.23. The Kier molecular flexibility index (Phi) is 6.39. The highest BCUT2D eigenvalue weighted by atomic mass is 16.5. The third kappa shape index (κ3) is 5.93. The van der Waals surface area contributed by atoms with Crippen molar-refractivity contribution in [2.45, 2.75) is 26.9 Å². The lowest BCUT2D eigenvalue weighted by Crippen LogP contribution is -1.98. The van der Waals surface area contributed by atoms with Gasteiger partial charge in [-0.25, -0.2) is 0 Å². The van der Waals surface area contributed by atoms with Crippen molar-refractivity contribution >= 4 is 0 Å². The summed E-state index contributed by atoms with van der Waals surface area (Å²) in [5.74, 6) is 0. The molecule has 0 aliphatic rings. The Morgan fingerprint density at radius 1 is 1.42 bits per heavy atom. The standard InChI is InChI=1S/C11H18O/c1-5-6-7-10(2)8-9-11(3)12-4/h5-9,11H,1-4H3/b6-5-,9-8-,10-7-. The number of rotatable bonds is 4. The fourth-order valence-electron chi connectivity index (χ4n) is 0.669. The van der Waals surface area contributed by atoms with Crippen LogP contribution >= 0.6 is 0 Å². The molecule has 0 saturated heterocycles. The lowest BCUT2D eigenvalue weighted by molar-refractivity contribution is 0.156. The molecule has 0 spiro atoms. The van der Waals surface area contributed by atoms with Gasteiger partial charge in [-0.2, -0.15) is 0 Å². The molecule has 0 N–H and O–H groups in total. The second kappa shape index (κ2) is 6.86. The lowest BCUT2D eigenvalue weighted by atomic mass is 10.2. The van der Waals surface area contributed by atoms with Crippen LogP contribution in [0.15, 0.2) is 36.0 Å². The third-order valence-electron chi connectivity index (χ3n) is 1.55. The van der Waals surface area contributed by atoms with E-state index >= 15 is 0 Å². The smallest absolute Gasteiger partial charge is 0.0727 e. The van der Waals surface area contributed by atoms with Crippen molar-refractivity contribution in [3.63, 3.8) is 0 Å². The van der Waals surface area contributed by atoms with Crippen LogP contribution in [-0.4, -0.2) is 13.2 Å². The second-order valence-corrected chi connectivity index (χ2v) is 2.74. The molecule has 0 aromatic carbocycles. The molecule has 1 nitrogen and oxygen atoms in total. The number of hydrogen-bond donors (Lipinski definition) is 0. The van der Waals surface area contributed by atoms with Gasteiger partial charge in [0.25, 0.3) is 0 Å². The van der Waals surface area contributed by atoms with Gasteiger partial charge >= 0.3 is 0 Å². The van der Waals surface area contributed by atoms with Crippen LogP contribution in [0, 0.1) is 0 Å². The number of ether oxygens (including phenoxy) is 1. The number of allylic oxidation sites excluding steroid dienone is 5. The normalized spacial score (nSPS) is 16.2. The van der Waals surface area contributed by atoms with E-state index in [0.29, 0.717) is 0 Å². The SMILES string of the molecule is C\C=C/C=C(C)\C=C/C(C)OC. The van der Waals surface area contributed by atoms with Crippen LogP contribution in [-0.2, 0) is 4.74 Å². The molecule has 0 radical (unpaired) electrons. The van der Waals surface area contributed by atoms with Crippen molar-refractivity contribution in [2.24, 2.45) is 0 Å².